The van der Waals surface area contributed by atoms with E-state index in [2.05, 4.69) is 14.9 Å². The number of anilines is 1. The van der Waals surface area contributed by atoms with Gasteiger partial charge in [0.25, 0.3) is 0 Å². The number of sulfonamides is 1. The Morgan fingerprint density at radius 2 is 1.90 bits per heavy atom. The Labute approximate surface area is 183 Å². The van der Waals surface area contributed by atoms with Crippen LogP contribution in [0.2, 0.25) is 5.02 Å². The molecule has 2 N–H and O–H groups in total. The molecular formula is C22H28ClN3O3S. The molecule has 0 aromatic heterocycles. The highest BCUT2D eigenvalue weighted by Gasteiger charge is 2.24. The highest BCUT2D eigenvalue weighted by Crippen LogP contribution is 2.23. The summed E-state index contributed by atoms with van der Waals surface area (Å²) in [5.74, 6) is 0.0703. The van der Waals surface area contributed by atoms with E-state index in [0.29, 0.717) is 23.8 Å². The number of aryl methyl sites for hydroxylation is 1. The Morgan fingerprint density at radius 3 is 2.63 bits per heavy atom. The minimum atomic E-state index is -3.53. The number of piperidine rings is 1. The summed E-state index contributed by atoms with van der Waals surface area (Å²) >= 11 is 6.11. The summed E-state index contributed by atoms with van der Waals surface area (Å²) in [4.78, 5) is 14.8. The summed E-state index contributed by atoms with van der Waals surface area (Å²) in [6.07, 6.45) is 1.86. The normalized spacial score (nSPS) is 17.6. The van der Waals surface area contributed by atoms with E-state index in [4.69, 9.17) is 11.6 Å². The van der Waals surface area contributed by atoms with Crippen LogP contribution < -0.4 is 10.0 Å². The zero-order valence-electron chi connectivity index (χ0n) is 17.3. The Bertz CT molecular complexity index is 993. The van der Waals surface area contributed by atoms with Crippen LogP contribution in [-0.4, -0.2) is 45.4 Å². The lowest BCUT2D eigenvalue weighted by Crippen LogP contribution is -2.43. The highest BCUT2D eigenvalue weighted by atomic mass is 35.5. The summed E-state index contributed by atoms with van der Waals surface area (Å²) in [6.45, 7) is 5.93. The van der Waals surface area contributed by atoms with Crippen LogP contribution in [-0.2, 0) is 14.8 Å². The van der Waals surface area contributed by atoms with Crippen molar-refractivity contribution in [1.82, 2.24) is 9.62 Å². The van der Waals surface area contributed by atoms with Crippen molar-refractivity contribution in [3.63, 3.8) is 0 Å². The van der Waals surface area contributed by atoms with Crippen molar-refractivity contribution in [3.8, 4) is 0 Å². The maximum absolute atomic E-state index is 12.5. The monoisotopic (exact) mass is 449 g/mol. The number of amides is 1. The van der Waals surface area contributed by atoms with Crippen molar-refractivity contribution in [1.29, 1.82) is 0 Å². The van der Waals surface area contributed by atoms with Crippen LogP contribution in [0.4, 0.5) is 5.69 Å². The van der Waals surface area contributed by atoms with E-state index in [-0.39, 0.29) is 23.3 Å². The predicted octanol–water partition coefficient (Wildman–Crippen LogP) is 3.59. The molecule has 3 rings (SSSR count). The first kappa shape index (κ1) is 22.7. The van der Waals surface area contributed by atoms with Gasteiger partial charge < -0.3 is 5.32 Å². The third-order valence-electron chi connectivity index (χ3n) is 5.41. The number of hydrogen-bond acceptors (Lipinski definition) is 4. The number of nitrogens with one attached hydrogen (secondary N) is 2. The topological polar surface area (TPSA) is 78.5 Å². The molecule has 1 fully saturated rings. The van der Waals surface area contributed by atoms with Crippen LogP contribution in [0.15, 0.2) is 47.4 Å². The van der Waals surface area contributed by atoms with Crippen LogP contribution in [0.1, 0.15) is 24.0 Å². The van der Waals surface area contributed by atoms with Gasteiger partial charge in [-0.05, 0) is 69.0 Å². The number of rotatable bonds is 7. The van der Waals surface area contributed by atoms with Crippen LogP contribution >= 0.6 is 11.6 Å². The molecule has 8 heteroatoms. The maximum atomic E-state index is 12.5. The van der Waals surface area contributed by atoms with E-state index in [1.165, 1.54) is 0 Å². The number of carbonyl (C=O) groups excluding carboxylic acids is 1. The third kappa shape index (κ3) is 6.04. The number of benzene rings is 2. The van der Waals surface area contributed by atoms with Gasteiger partial charge in [0.15, 0.2) is 0 Å². The Morgan fingerprint density at radius 1 is 1.17 bits per heavy atom. The number of halogens is 1. The number of likely N-dealkylation sites (tertiary alicyclic amines) is 1. The van der Waals surface area contributed by atoms with E-state index < -0.39 is 10.0 Å². The molecule has 0 bridgehead atoms. The van der Waals surface area contributed by atoms with Crippen molar-refractivity contribution < 1.29 is 13.2 Å². The molecule has 1 atom stereocenters. The Hall–Kier alpha value is -1.93. The van der Waals surface area contributed by atoms with Gasteiger partial charge in [-0.1, -0.05) is 35.4 Å². The molecule has 1 aliphatic heterocycles. The van der Waals surface area contributed by atoms with Gasteiger partial charge in [-0.15, -0.1) is 0 Å². The van der Waals surface area contributed by atoms with Gasteiger partial charge in [-0.25, -0.2) is 13.1 Å². The summed E-state index contributed by atoms with van der Waals surface area (Å²) in [5, 5.41) is 3.54. The fourth-order valence-electron chi connectivity index (χ4n) is 3.63. The molecule has 1 saturated heterocycles. The Balaban J connectivity index is 1.52. The van der Waals surface area contributed by atoms with E-state index in [1.54, 1.807) is 30.3 Å². The number of carbonyl (C=O) groups is 1. The standard InChI is InChI=1S/C22H28ClN3O3S/c1-16-8-10-19(11-9-16)30(28,29)24-13-18-5-4-12-26(14-18)15-22(27)25-21-7-3-6-20(23)17(21)2/h3,6-11,18,24H,4-5,12-15H2,1-2H3,(H,25,27). The molecule has 0 saturated carbocycles. The van der Waals surface area contributed by atoms with Gasteiger partial charge in [0.1, 0.15) is 0 Å². The lowest BCUT2D eigenvalue weighted by atomic mass is 9.98. The van der Waals surface area contributed by atoms with Gasteiger partial charge in [-0.2, -0.15) is 0 Å². The molecule has 30 heavy (non-hydrogen) atoms. The van der Waals surface area contributed by atoms with E-state index in [0.717, 1.165) is 30.5 Å². The minimum absolute atomic E-state index is 0.0961. The zero-order valence-corrected chi connectivity index (χ0v) is 18.9. The molecule has 2 aromatic rings. The average Bonchev–Trinajstić information content (AvgIpc) is 2.71. The SMILES string of the molecule is Cc1ccc(S(=O)(=O)NCC2CCCN(CC(=O)Nc3cccc(Cl)c3C)C2)cc1. The van der Waals surface area contributed by atoms with Crippen LogP contribution in [0, 0.1) is 19.8 Å². The molecule has 0 radical (unpaired) electrons. The van der Waals surface area contributed by atoms with Crippen molar-refractivity contribution in [2.24, 2.45) is 5.92 Å². The zero-order chi connectivity index (χ0) is 21.7. The van der Waals surface area contributed by atoms with E-state index in [1.807, 2.05) is 26.0 Å². The molecule has 6 nitrogen and oxygen atoms in total. The first-order valence-corrected chi connectivity index (χ1v) is 11.9. The molecular weight excluding hydrogens is 422 g/mol. The van der Waals surface area contributed by atoms with Crippen molar-refractivity contribution >= 4 is 33.2 Å². The predicted molar refractivity (Wildman–Crippen MR) is 120 cm³/mol. The molecule has 0 spiro atoms. The number of nitrogens with zero attached hydrogens (tertiary/aromatic N) is 1. The smallest absolute Gasteiger partial charge is 0.240 e. The largest absolute Gasteiger partial charge is 0.325 e. The second-order valence-electron chi connectivity index (χ2n) is 7.87. The lowest BCUT2D eigenvalue weighted by molar-refractivity contribution is -0.117. The van der Waals surface area contributed by atoms with Crippen LogP contribution in [0.25, 0.3) is 0 Å². The molecule has 1 heterocycles. The van der Waals surface area contributed by atoms with Crippen molar-refractivity contribution in [2.45, 2.75) is 31.6 Å². The maximum Gasteiger partial charge on any atom is 0.240 e. The summed E-state index contributed by atoms with van der Waals surface area (Å²) in [6, 6.07) is 12.2. The fourth-order valence-corrected chi connectivity index (χ4v) is 4.92. The average molecular weight is 450 g/mol. The highest BCUT2D eigenvalue weighted by molar-refractivity contribution is 7.89. The quantitative estimate of drug-likeness (QED) is 0.677. The van der Waals surface area contributed by atoms with Gasteiger partial charge in [-0.3, -0.25) is 9.69 Å². The van der Waals surface area contributed by atoms with Gasteiger partial charge in [0.2, 0.25) is 15.9 Å². The first-order valence-electron chi connectivity index (χ1n) is 10.1. The summed E-state index contributed by atoms with van der Waals surface area (Å²) in [7, 11) is -3.53. The van der Waals surface area contributed by atoms with Crippen LogP contribution in [0.5, 0.6) is 0 Å². The lowest BCUT2D eigenvalue weighted by Gasteiger charge is -2.32. The second kappa shape index (κ2) is 9.92. The Kier molecular flexibility index (Phi) is 7.52. The molecule has 162 valence electrons. The van der Waals surface area contributed by atoms with Gasteiger partial charge in [0, 0.05) is 23.8 Å². The minimum Gasteiger partial charge on any atom is -0.325 e. The van der Waals surface area contributed by atoms with Crippen molar-refractivity contribution in [3.05, 3.63) is 58.6 Å². The summed E-state index contributed by atoms with van der Waals surface area (Å²) in [5.41, 5.74) is 2.57. The van der Waals surface area contributed by atoms with E-state index in [9.17, 15) is 13.2 Å². The first-order chi connectivity index (χ1) is 14.2. The second-order valence-corrected chi connectivity index (χ2v) is 10.0. The van der Waals surface area contributed by atoms with Crippen LogP contribution in [0.3, 0.4) is 0 Å². The van der Waals surface area contributed by atoms with Gasteiger partial charge >= 0.3 is 0 Å². The molecule has 1 aliphatic rings. The van der Waals surface area contributed by atoms with Gasteiger partial charge in [0.05, 0.1) is 11.4 Å². The van der Waals surface area contributed by atoms with E-state index >= 15 is 0 Å². The molecule has 1 amide bonds. The number of hydrogen-bond donors (Lipinski definition) is 2. The molecule has 1 unspecified atom stereocenters. The summed E-state index contributed by atoms with van der Waals surface area (Å²) < 4.78 is 27.7. The fraction of sp³-hybridized carbons (Fsp3) is 0.409. The molecule has 0 aliphatic carbocycles. The molecule has 2 aromatic carbocycles. The third-order valence-corrected chi connectivity index (χ3v) is 7.25. The van der Waals surface area contributed by atoms with Crippen molar-refractivity contribution in [2.75, 3.05) is 31.5 Å².